The van der Waals surface area contributed by atoms with Gasteiger partial charge in [-0.3, -0.25) is 9.59 Å². The molecule has 24 heavy (non-hydrogen) atoms. The van der Waals surface area contributed by atoms with Crippen molar-refractivity contribution in [1.29, 1.82) is 0 Å². The lowest BCUT2D eigenvalue weighted by atomic mass is 9.87. The van der Waals surface area contributed by atoms with Crippen LogP contribution in [0.1, 0.15) is 30.9 Å². The minimum Gasteiger partial charge on any atom is -0.343 e. The van der Waals surface area contributed by atoms with Gasteiger partial charge in [0.05, 0.1) is 5.54 Å². The predicted octanol–water partition coefficient (Wildman–Crippen LogP) is 4.53. The molecule has 1 aliphatic heterocycles. The van der Waals surface area contributed by atoms with Gasteiger partial charge in [0.2, 0.25) is 5.91 Å². The number of nitrogens with one attached hydrogen (secondary N) is 1. The molecule has 0 spiro atoms. The minimum absolute atomic E-state index is 0.163. The second kappa shape index (κ2) is 5.91. The average molecular weight is 362 g/mol. The highest BCUT2D eigenvalue weighted by molar-refractivity contribution is 6.33. The van der Waals surface area contributed by atoms with Gasteiger partial charge in [-0.05, 0) is 61.2 Å². The Balaban J connectivity index is 2.09. The van der Waals surface area contributed by atoms with Crippen molar-refractivity contribution in [1.82, 2.24) is 5.32 Å². The molecule has 0 bridgehead atoms. The van der Waals surface area contributed by atoms with E-state index in [-0.39, 0.29) is 11.7 Å². The lowest BCUT2D eigenvalue weighted by molar-refractivity contribution is -0.125. The quantitative estimate of drug-likeness (QED) is 0.798. The third-order valence-electron chi connectivity index (χ3n) is 4.37. The Morgan fingerprint density at radius 2 is 1.79 bits per heavy atom. The highest BCUT2D eigenvalue weighted by atomic mass is 35.5. The third kappa shape index (κ3) is 2.83. The number of carbonyl (C=O) groups is 2. The van der Waals surface area contributed by atoms with E-state index in [0.29, 0.717) is 15.6 Å². The Morgan fingerprint density at radius 1 is 1.08 bits per heavy atom. The summed E-state index contributed by atoms with van der Waals surface area (Å²) in [5.41, 5.74) is 2.48. The Kier molecular flexibility index (Phi) is 4.18. The van der Waals surface area contributed by atoms with Crippen molar-refractivity contribution in [3.63, 3.8) is 0 Å². The third-order valence-corrected chi connectivity index (χ3v) is 4.93. The Morgan fingerprint density at radius 3 is 2.38 bits per heavy atom. The molecule has 1 atom stereocenters. The first-order valence-electron chi connectivity index (χ1n) is 7.63. The zero-order valence-electron chi connectivity index (χ0n) is 13.6. The van der Waals surface area contributed by atoms with E-state index in [2.05, 4.69) is 5.32 Å². The van der Waals surface area contributed by atoms with Gasteiger partial charge >= 0.3 is 0 Å². The molecule has 1 heterocycles. The first kappa shape index (κ1) is 17.0. The van der Waals surface area contributed by atoms with Crippen molar-refractivity contribution in [2.24, 2.45) is 0 Å². The predicted molar refractivity (Wildman–Crippen MR) is 96.6 cm³/mol. The topological polar surface area (TPSA) is 46.2 Å². The van der Waals surface area contributed by atoms with Gasteiger partial charge in [-0.2, -0.15) is 0 Å². The van der Waals surface area contributed by atoms with E-state index in [0.717, 1.165) is 16.7 Å². The van der Waals surface area contributed by atoms with Crippen LogP contribution in [-0.2, 0) is 9.59 Å². The second-order valence-electron chi connectivity index (χ2n) is 6.61. The van der Waals surface area contributed by atoms with Crippen LogP contribution in [0.5, 0.6) is 0 Å². The molecule has 3 nitrogen and oxygen atoms in total. The van der Waals surface area contributed by atoms with Crippen molar-refractivity contribution in [3.8, 4) is 11.1 Å². The van der Waals surface area contributed by atoms with Gasteiger partial charge in [-0.25, -0.2) is 0 Å². The molecular weight excluding hydrogens is 345 g/mol. The summed E-state index contributed by atoms with van der Waals surface area (Å²) in [5.74, 6) is -1.33. The van der Waals surface area contributed by atoms with Crippen LogP contribution in [0.4, 0.5) is 0 Å². The van der Waals surface area contributed by atoms with Crippen LogP contribution < -0.4 is 5.32 Å². The number of amides is 1. The van der Waals surface area contributed by atoms with Crippen LogP contribution in [0, 0.1) is 6.92 Å². The molecule has 2 aromatic carbocycles. The van der Waals surface area contributed by atoms with Gasteiger partial charge in [-0.15, -0.1) is 0 Å². The molecule has 5 heteroatoms. The number of hydrogen-bond acceptors (Lipinski definition) is 2. The molecule has 0 radical (unpaired) electrons. The molecule has 1 fully saturated rings. The molecule has 2 aromatic rings. The molecule has 1 saturated heterocycles. The second-order valence-corrected chi connectivity index (χ2v) is 7.45. The van der Waals surface area contributed by atoms with E-state index in [1.807, 2.05) is 31.2 Å². The smallest absolute Gasteiger partial charge is 0.236 e. The molecule has 1 aliphatic rings. The molecule has 3 rings (SSSR count). The molecule has 0 saturated carbocycles. The van der Waals surface area contributed by atoms with E-state index < -0.39 is 11.5 Å². The van der Waals surface area contributed by atoms with Gasteiger partial charge in [0.25, 0.3) is 0 Å². The Labute approximate surface area is 151 Å². The van der Waals surface area contributed by atoms with Gasteiger partial charge in [0.15, 0.2) is 5.78 Å². The average Bonchev–Trinajstić information content (AvgIpc) is 2.69. The maximum absolute atomic E-state index is 12.5. The number of rotatable bonds is 2. The molecule has 1 N–H and O–H groups in total. The zero-order valence-corrected chi connectivity index (χ0v) is 15.1. The number of benzene rings is 2. The van der Waals surface area contributed by atoms with Crippen molar-refractivity contribution >= 4 is 34.9 Å². The fourth-order valence-corrected chi connectivity index (χ4v) is 3.56. The summed E-state index contributed by atoms with van der Waals surface area (Å²) in [5, 5.41) is 3.77. The van der Waals surface area contributed by atoms with Crippen molar-refractivity contribution in [2.75, 3.05) is 0 Å². The number of ketones is 1. The molecule has 124 valence electrons. The van der Waals surface area contributed by atoms with E-state index in [1.165, 1.54) is 0 Å². The van der Waals surface area contributed by atoms with Gasteiger partial charge in [0.1, 0.15) is 5.92 Å². The van der Waals surface area contributed by atoms with Gasteiger partial charge in [0, 0.05) is 10.0 Å². The van der Waals surface area contributed by atoms with Crippen LogP contribution in [0.3, 0.4) is 0 Å². The number of aryl methyl sites for hydroxylation is 1. The lowest BCUT2D eigenvalue weighted by Crippen LogP contribution is -2.39. The van der Waals surface area contributed by atoms with E-state index in [1.54, 1.807) is 26.0 Å². The van der Waals surface area contributed by atoms with E-state index in [9.17, 15) is 9.59 Å². The molecule has 1 amide bonds. The van der Waals surface area contributed by atoms with Gasteiger partial charge < -0.3 is 5.32 Å². The maximum atomic E-state index is 12.5. The summed E-state index contributed by atoms with van der Waals surface area (Å²) in [6.45, 7) is 5.33. The highest BCUT2D eigenvalue weighted by Gasteiger charge is 2.47. The number of halogens is 2. The molecule has 0 aliphatic carbocycles. The summed E-state index contributed by atoms with van der Waals surface area (Å²) < 4.78 is 0. The van der Waals surface area contributed by atoms with Crippen molar-refractivity contribution in [3.05, 3.63) is 57.6 Å². The SMILES string of the molecule is Cc1cc(C2C(=O)NC(C)(C)C2=O)c(Cl)cc1-c1cccc(Cl)c1. The molecular formula is C19H17Cl2NO2. The normalized spacial score (nSPS) is 19.5. The fraction of sp³-hybridized carbons (Fsp3) is 0.263. The summed E-state index contributed by atoms with van der Waals surface area (Å²) in [6, 6.07) is 11.1. The van der Waals surface area contributed by atoms with E-state index in [4.69, 9.17) is 23.2 Å². The first-order chi connectivity index (χ1) is 11.2. The first-order valence-corrected chi connectivity index (χ1v) is 8.38. The largest absolute Gasteiger partial charge is 0.343 e. The van der Waals surface area contributed by atoms with Crippen molar-refractivity contribution in [2.45, 2.75) is 32.2 Å². The van der Waals surface area contributed by atoms with Crippen LogP contribution in [0.25, 0.3) is 11.1 Å². The number of Topliss-reactive ketones (excluding diaryl/α,β-unsaturated/α-hetero) is 1. The lowest BCUT2D eigenvalue weighted by Gasteiger charge is -2.16. The van der Waals surface area contributed by atoms with Crippen LogP contribution >= 0.6 is 23.2 Å². The highest BCUT2D eigenvalue weighted by Crippen LogP contribution is 2.37. The van der Waals surface area contributed by atoms with Crippen molar-refractivity contribution < 1.29 is 9.59 Å². The standard InChI is InChI=1S/C19H17Cl2NO2/c1-10-7-14(16-17(23)19(2,3)22-18(16)24)15(21)9-13(10)11-5-4-6-12(20)8-11/h4-9,16H,1-3H3,(H,22,24). The number of carbonyl (C=O) groups excluding carboxylic acids is 2. The monoisotopic (exact) mass is 361 g/mol. The Hall–Kier alpha value is -1.84. The number of hydrogen-bond donors (Lipinski definition) is 1. The summed E-state index contributed by atoms with van der Waals surface area (Å²) in [7, 11) is 0. The van der Waals surface area contributed by atoms with Crippen LogP contribution in [0.2, 0.25) is 10.0 Å². The van der Waals surface area contributed by atoms with E-state index >= 15 is 0 Å². The zero-order chi connectivity index (χ0) is 17.6. The summed E-state index contributed by atoms with van der Waals surface area (Å²) in [6.07, 6.45) is 0. The fourth-order valence-electron chi connectivity index (χ4n) is 3.10. The minimum atomic E-state index is -0.870. The summed E-state index contributed by atoms with van der Waals surface area (Å²) >= 11 is 12.5. The van der Waals surface area contributed by atoms with Crippen LogP contribution in [-0.4, -0.2) is 17.2 Å². The van der Waals surface area contributed by atoms with Crippen LogP contribution in [0.15, 0.2) is 36.4 Å². The molecule has 0 aromatic heterocycles. The van der Waals surface area contributed by atoms with Gasteiger partial charge in [-0.1, -0.05) is 41.4 Å². The summed E-state index contributed by atoms with van der Waals surface area (Å²) in [4.78, 5) is 24.8. The molecule has 1 unspecified atom stereocenters. The maximum Gasteiger partial charge on any atom is 0.236 e. The Bertz CT molecular complexity index is 858.